The van der Waals surface area contributed by atoms with Crippen LogP contribution in [0.3, 0.4) is 0 Å². The van der Waals surface area contributed by atoms with Crippen molar-refractivity contribution in [2.45, 2.75) is 70.1 Å². The molecule has 4 nitrogen and oxygen atoms in total. The predicted octanol–water partition coefficient (Wildman–Crippen LogP) is 5.18. The summed E-state index contributed by atoms with van der Waals surface area (Å²) in [5.74, 6) is 0.718. The molecule has 2 aromatic rings. The number of aromatic nitrogens is 3. The predicted molar refractivity (Wildman–Crippen MR) is 102 cm³/mol. The lowest BCUT2D eigenvalue weighted by Gasteiger charge is -2.40. The quantitative estimate of drug-likeness (QED) is 0.599. The lowest BCUT2D eigenvalue weighted by molar-refractivity contribution is 0.244. The monoisotopic (exact) mass is 365 g/mol. The molecular weight excluding hydrogens is 338 g/mol. The standard InChI is InChI=1S/C18H28ClN3OSi/c1-18(2,24(3,4)23)11-13-5-7-14(8-6-13)22-10-9-15-16(19)20-12-21-17(15)22/h9-10,12-14,23H,5-8,11H2,1-4H3. The zero-order valence-electron chi connectivity index (χ0n) is 15.1. The minimum Gasteiger partial charge on any atom is -0.432 e. The molecule has 1 fully saturated rings. The van der Waals surface area contributed by atoms with E-state index in [0.29, 0.717) is 11.2 Å². The number of fused-ring (bicyclic) bond motifs is 1. The Balaban J connectivity index is 1.68. The zero-order chi connectivity index (χ0) is 17.5. The minimum absolute atomic E-state index is 0.0748. The Morgan fingerprint density at radius 1 is 1.25 bits per heavy atom. The van der Waals surface area contributed by atoms with Crippen LogP contribution in [-0.4, -0.2) is 27.6 Å². The summed E-state index contributed by atoms with van der Waals surface area (Å²) in [5, 5.41) is 1.55. The van der Waals surface area contributed by atoms with E-state index in [-0.39, 0.29) is 5.04 Å². The number of hydrogen-bond acceptors (Lipinski definition) is 3. The van der Waals surface area contributed by atoms with Crippen molar-refractivity contribution in [2.24, 2.45) is 5.92 Å². The Labute approximate surface area is 150 Å². The normalized spacial score (nSPS) is 22.9. The smallest absolute Gasteiger partial charge is 0.188 e. The average molecular weight is 366 g/mol. The third-order valence-electron chi connectivity index (χ3n) is 6.13. The second-order valence-corrected chi connectivity index (χ2v) is 13.3. The van der Waals surface area contributed by atoms with E-state index in [1.807, 2.05) is 6.07 Å². The maximum atomic E-state index is 10.5. The van der Waals surface area contributed by atoms with Gasteiger partial charge >= 0.3 is 0 Å². The molecule has 1 aliphatic carbocycles. The van der Waals surface area contributed by atoms with Crippen molar-refractivity contribution in [3.8, 4) is 0 Å². The first-order valence-corrected chi connectivity index (χ1v) is 12.2. The van der Waals surface area contributed by atoms with E-state index < -0.39 is 8.32 Å². The molecule has 3 rings (SSSR count). The summed E-state index contributed by atoms with van der Waals surface area (Å²) in [6, 6.07) is 2.51. The van der Waals surface area contributed by atoms with Crippen molar-refractivity contribution in [2.75, 3.05) is 0 Å². The Morgan fingerprint density at radius 2 is 1.92 bits per heavy atom. The zero-order valence-corrected chi connectivity index (χ0v) is 16.8. The van der Waals surface area contributed by atoms with E-state index in [1.165, 1.54) is 25.7 Å². The molecule has 6 heteroatoms. The topological polar surface area (TPSA) is 50.9 Å². The highest BCUT2D eigenvalue weighted by Gasteiger charge is 2.40. The number of halogens is 1. The molecule has 0 bridgehead atoms. The van der Waals surface area contributed by atoms with Crippen molar-refractivity contribution in [1.29, 1.82) is 0 Å². The fraction of sp³-hybridized carbons (Fsp3) is 0.667. The molecular formula is C18H28ClN3OSi. The Hall–Kier alpha value is -0.913. The van der Waals surface area contributed by atoms with Gasteiger partial charge in [-0.25, -0.2) is 9.97 Å². The molecule has 24 heavy (non-hydrogen) atoms. The minimum atomic E-state index is -2.12. The van der Waals surface area contributed by atoms with E-state index in [1.54, 1.807) is 6.33 Å². The summed E-state index contributed by atoms with van der Waals surface area (Å²) in [5.41, 5.74) is 0.947. The van der Waals surface area contributed by atoms with Crippen LogP contribution in [0.4, 0.5) is 0 Å². The molecule has 1 N–H and O–H groups in total. The van der Waals surface area contributed by atoms with Crippen molar-refractivity contribution in [1.82, 2.24) is 14.5 Å². The van der Waals surface area contributed by atoms with Crippen LogP contribution in [0.1, 0.15) is 52.0 Å². The number of hydrogen-bond donors (Lipinski definition) is 1. The largest absolute Gasteiger partial charge is 0.432 e. The second-order valence-electron chi connectivity index (χ2n) is 8.45. The van der Waals surface area contributed by atoms with Crippen LogP contribution >= 0.6 is 11.6 Å². The maximum absolute atomic E-state index is 10.5. The van der Waals surface area contributed by atoms with Gasteiger partial charge in [0.1, 0.15) is 17.1 Å². The van der Waals surface area contributed by atoms with E-state index in [2.05, 4.69) is 47.7 Å². The van der Waals surface area contributed by atoms with Crippen LogP contribution in [0, 0.1) is 5.92 Å². The van der Waals surface area contributed by atoms with Crippen molar-refractivity contribution < 1.29 is 4.80 Å². The first-order chi connectivity index (χ1) is 11.2. The summed E-state index contributed by atoms with van der Waals surface area (Å²) < 4.78 is 2.27. The van der Waals surface area contributed by atoms with Gasteiger partial charge in [-0.05, 0) is 62.2 Å². The van der Waals surface area contributed by atoms with E-state index >= 15 is 0 Å². The van der Waals surface area contributed by atoms with Crippen molar-refractivity contribution in [3.05, 3.63) is 23.7 Å². The van der Waals surface area contributed by atoms with Crippen molar-refractivity contribution >= 4 is 31.0 Å². The third kappa shape index (κ3) is 3.39. The van der Waals surface area contributed by atoms with Crippen LogP contribution in [0.15, 0.2) is 18.6 Å². The van der Waals surface area contributed by atoms with Crippen molar-refractivity contribution in [3.63, 3.8) is 0 Å². The van der Waals surface area contributed by atoms with Crippen LogP contribution in [-0.2, 0) is 0 Å². The highest BCUT2D eigenvalue weighted by Crippen LogP contribution is 2.46. The van der Waals surface area contributed by atoms with Gasteiger partial charge in [0.25, 0.3) is 0 Å². The average Bonchev–Trinajstić information content (AvgIpc) is 2.92. The van der Waals surface area contributed by atoms with Gasteiger partial charge in [0.05, 0.1) is 5.39 Å². The molecule has 0 atom stereocenters. The number of rotatable bonds is 4. The van der Waals surface area contributed by atoms with Gasteiger partial charge in [0.2, 0.25) is 0 Å². The van der Waals surface area contributed by atoms with Gasteiger partial charge in [-0.2, -0.15) is 0 Å². The molecule has 2 aromatic heterocycles. The Morgan fingerprint density at radius 3 is 2.54 bits per heavy atom. The SMILES string of the molecule is CC(C)(CC1CCC(n2ccc3c(Cl)ncnc32)CC1)[Si](C)(C)O. The Kier molecular flexibility index (Phi) is 4.79. The molecule has 1 aliphatic rings. The van der Waals surface area contributed by atoms with Gasteiger partial charge in [-0.15, -0.1) is 0 Å². The maximum Gasteiger partial charge on any atom is 0.188 e. The summed E-state index contributed by atoms with van der Waals surface area (Å²) in [4.78, 5) is 19.0. The summed E-state index contributed by atoms with van der Waals surface area (Å²) in [7, 11) is -2.12. The highest BCUT2D eigenvalue weighted by molar-refractivity contribution is 6.72. The first kappa shape index (κ1) is 17.9. The van der Waals surface area contributed by atoms with Crippen LogP contribution in [0.25, 0.3) is 11.0 Å². The number of nitrogens with zero attached hydrogens (tertiary/aromatic N) is 3. The Bertz CT molecular complexity index is 715. The lowest BCUT2D eigenvalue weighted by atomic mass is 9.81. The molecule has 132 valence electrons. The first-order valence-electron chi connectivity index (χ1n) is 8.88. The van der Waals surface area contributed by atoms with E-state index in [4.69, 9.17) is 11.6 Å². The fourth-order valence-corrected chi connectivity index (χ4v) is 4.81. The molecule has 0 spiro atoms. The van der Waals surface area contributed by atoms with Gasteiger partial charge in [0, 0.05) is 12.2 Å². The fourth-order valence-electron chi connectivity index (χ4n) is 3.83. The molecule has 0 amide bonds. The summed E-state index contributed by atoms with van der Waals surface area (Å²) in [6.45, 7) is 8.61. The molecule has 2 heterocycles. The lowest BCUT2D eigenvalue weighted by Crippen LogP contribution is -2.40. The second kappa shape index (κ2) is 6.43. The highest BCUT2D eigenvalue weighted by atomic mass is 35.5. The summed E-state index contributed by atoms with van der Waals surface area (Å²) >= 11 is 6.16. The molecule has 0 radical (unpaired) electrons. The molecule has 0 aliphatic heterocycles. The van der Waals surface area contributed by atoms with E-state index in [9.17, 15) is 4.80 Å². The van der Waals surface area contributed by atoms with Gasteiger partial charge < -0.3 is 9.36 Å². The van der Waals surface area contributed by atoms with Crippen LogP contribution in [0.5, 0.6) is 0 Å². The van der Waals surface area contributed by atoms with Crippen LogP contribution < -0.4 is 0 Å². The molecule has 0 saturated heterocycles. The molecule has 0 aromatic carbocycles. The van der Waals surface area contributed by atoms with E-state index in [0.717, 1.165) is 23.4 Å². The summed E-state index contributed by atoms with van der Waals surface area (Å²) in [6.07, 6.45) is 9.55. The molecule has 0 unspecified atom stereocenters. The van der Waals surface area contributed by atoms with Gasteiger partial charge in [-0.3, -0.25) is 0 Å². The third-order valence-corrected chi connectivity index (χ3v) is 9.94. The van der Waals surface area contributed by atoms with Crippen LogP contribution in [0.2, 0.25) is 23.3 Å². The van der Waals surface area contributed by atoms with Gasteiger partial charge in [0.15, 0.2) is 8.32 Å². The molecule has 1 saturated carbocycles. The van der Waals surface area contributed by atoms with Gasteiger partial charge in [-0.1, -0.05) is 25.4 Å².